The fourth-order valence-corrected chi connectivity index (χ4v) is 3.41. The molecular formula is C12H18N4O2S2. The number of anilines is 1. The van der Waals surface area contributed by atoms with E-state index in [4.69, 9.17) is 4.42 Å². The van der Waals surface area contributed by atoms with Crippen molar-refractivity contribution in [1.29, 1.82) is 0 Å². The highest BCUT2D eigenvalue weighted by Gasteiger charge is 2.16. The Labute approximate surface area is 124 Å². The molecule has 110 valence electrons. The van der Waals surface area contributed by atoms with Gasteiger partial charge in [-0.2, -0.15) is 4.37 Å². The predicted octanol–water partition coefficient (Wildman–Crippen LogP) is 2.16. The van der Waals surface area contributed by atoms with Crippen LogP contribution >= 0.6 is 11.5 Å². The average Bonchev–Trinajstić information content (AvgIpc) is 2.97. The summed E-state index contributed by atoms with van der Waals surface area (Å²) in [6.07, 6.45) is 1.41. The van der Waals surface area contributed by atoms with Crippen molar-refractivity contribution in [3.8, 4) is 0 Å². The molecule has 0 spiro atoms. The summed E-state index contributed by atoms with van der Waals surface area (Å²) in [5, 5.41) is 0.821. The Morgan fingerprint density at radius 3 is 2.75 bits per heavy atom. The van der Waals surface area contributed by atoms with Crippen molar-refractivity contribution < 1.29 is 8.63 Å². The van der Waals surface area contributed by atoms with Crippen molar-refractivity contribution in [3.63, 3.8) is 0 Å². The molecule has 0 N–H and O–H groups in total. The summed E-state index contributed by atoms with van der Waals surface area (Å²) in [5.41, 5.74) is 0.765. The van der Waals surface area contributed by atoms with E-state index in [-0.39, 0.29) is 5.92 Å². The van der Waals surface area contributed by atoms with Gasteiger partial charge >= 0.3 is 0 Å². The van der Waals surface area contributed by atoms with E-state index < -0.39 is 10.8 Å². The third-order valence-electron chi connectivity index (χ3n) is 2.62. The smallest absolute Gasteiger partial charge is 0.204 e. The summed E-state index contributed by atoms with van der Waals surface area (Å²) in [7, 11) is 2.73. The molecule has 0 aromatic carbocycles. The molecule has 1 unspecified atom stereocenters. The molecule has 0 aliphatic heterocycles. The SMILES string of the molecule is CC(C)c1ocnc1CS(=O)Cc1nsc(N(C)C)n1. The molecule has 0 amide bonds. The molecule has 0 radical (unpaired) electrons. The number of hydrogen-bond acceptors (Lipinski definition) is 7. The highest BCUT2D eigenvalue weighted by Crippen LogP contribution is 2.20. The van der Waals surface area contributed by atoms with E-state index in [0.29, 0.717) is 17.3 Å². The first-order valence-corrected chi connectivity index (χ1v) is 8.50. The highest BCUT2D eigenvalue weighted by molar-refractivity contribution is 7.83. The summed E-state index contributed by atoms with van der Waals surface area (Å²) >= 11 is 1.31. The maximum atomic E-state index is 12.2. The maximum Gasteiger partial charge on any atom is 0.204 e. The van der Waals surface area contributed by atoms with Crippen LogP contribution in [0.1, 0.15) is 37.0 Å². The van der Waals surface area contributed by atoms with Gasteiger partial charge in [-0.3, -0.25) is 4.21 Å². The van der Waals surface area contributed by atoms with Crippen LogP contribution in [0.2, 0.25) is 0 Å². The minimum absolute atomic E-state index is 0.238. The standard InChI is InChI=1S/C12H18N4O2S2/c1-8(2)11-9(13-7-18-11)5-20(17)6-10-14-12(16(3)4)19-15-10/h7-8H,5-6H2,1-4H3. The molecule has 2 heterocycles. The number of nitrogens with zero attached hydrogens (tertiary/aromatic N) is 4. The van der Waals surface area contributed by atoms with Crippen LogP contribution in [-0.2, 0) is 22.3 Å². The van der Waals surface area contributed by atoms with Gasteiger partial charge in [0.25, 0.3) is 0 Å². The van der Waals surface area contributed by atoms with Crippen LogP contribution in [-0.4, -0.2) is 32.6 Å². The molecule has 2 aromatic heterocycles. The topological polar surface area (TPSA) is 72.1 Å². The van der Waals surface area contributed by atoms with Crippen molar-refractivity contribution in [2.75, 3.05) is 19.0 Å². The lowest BCUT2D eigenvalue weighted by atomic mass is 10.1. The molecule has 0 aliphatic rings. The van der Waals surface area contributed by atoms with Crippen LogP contribution in [0.4, 0.5) is 5.13 Å². The summed E-state index contributed by atoms with van der Waals surface area (Å²) in [6.45, 7) is 4.05. The number of rotatable bonds is 6. The molecule has 2 rings (SSSR count). The van der Waals surface area contributed by atoms with E-state index in [0.717, 1.165) is 16.6 Å². The lowest BCUT2D eigenvalue weighted by molar-refractivity contribution is 0.480. The lowest BCUT2D eigenvalue weighted by Crippen LogP contribution is -2.08. The first-order valence-electron chi connectivity index (χ1n) is 6.24. The third-order valence-corrected chi connectivity index (χ3v) is 4.72. The van der Waals surface area contributed by atoms with E-state index in [1.807, 2.05) is 32.8 Å². The van der Waals surface area contributed by atoms with Crippen LogP contribution in [0.15, 0.2) is 10.8 Å². The fourth-order valence-electron chi connectivity index (χ4n) is 1.69. The van der Waals surface area contributed by atoms with Crippen LogP contribution in [0.3, 0.4) is 0 Å². The summed E-state index contributed by atoms with van der Waals surface area (Å²) < 4.78 is 21.7. The zero-order chi connectivity index (χ0) is 14.7. The van der Waals surface area contributed by atoms with Gasteiger partial charge in [-0.25, -0.2) is 9.97 Å². The van der Waals surface area contributed by atoms with Crippen molar-refractivity contribution in [2.45, 2.75) is 31.3 Å². The normalized spacial score (nSPS) is 12.8. The Kier molecular flexibility index (Phi) is 4.87. The van der Waals surface area contributed by atoms with Gasteiger partial charge in [-0.1, -0.05) is 13.8 Å². The summed E-state index contributed by atoms with van der Waals surface area (Å²) in [4.78, 5) is 10.4. The van der Waals surface area contributed by atoms with Crippen LogP contribution < -0.4 is 4.90 Å². The Bertz CT molecular complexity index is 592. The van der Waals surface area contributed by atoms with Gasteiger partial charge in [-0.05, 0) is 0 Å². The molecule has 20 heavy (non-hydrogen) atoms. The Morgan fingerprint density at radius 2 is 2.15 bits per heavy atom. The molecule has 8 heteroatoms. The van der Waals surface area contributed by atoms with Gasteiger partial charge in [0.1, 0.15) is 5.76 Å². The van der Waals surface area contributed by atoms with Crippen LogP contribution in [0, 0.1) is 0 Å². The van der Waals surface area contributed by atoms with E-state index in [1.165, 1.54) is 17.9 Å². The summed E-state index contributed by atoms with van der Waals surface area (Å²) in [6, 6.07) is 0. The van der Waals surface area contributed by atoms with Gasteiger partial charge in [0.05, 0.1) is 17.2 Å². The van der Waals surface area contributed by atoms with E-state index in [9.17, 15) is 4.21 Å². The minimum atomic E-state index is -1.09. The highest BCUT2D eigenvalue weighted by atomic mass is 32.2. The summed E-state index contributed by atoms with van der Waals surface area (Å²) in [5.74, 6) is 2.38. The van der Waals surface area contributed by atoms with E-state index >= 15 is 0 Å². The monoisotopic (exact) mass is 314 g/mol. The molecule has 0 aliphatic carbocycles. The molecule has 0 saturated carbocycles. The Balaban J connectivity index is 1.99. The van der Waals surface area contributed by atoms with Crippen LogP contribution in [0.5, 0.6) is 0 Å². The number of oxazole rings is 1. The van der Waals surface area contributed by atoms with Crippen molar-refractivity contribution in [3.05, 3.63) is 23.7 Å². The van der Waals surface area contributed by atoms with Crippen molar-refractivity contribution in [2.24, 2.45) is 0 Å². The van der Waals surface area contributed by atoms with Gasteiger partial charge in [0.15, 0.2) is 12.2 Å². The molecule has 1 atom stereocenters. The molecule has 2 aromatic rings. The zero-order valence-electron chi connectivity index (χ0n) is 12.0. The molecule has 0 bridgehead atoms. The van der Waals surface area contributed by atoms with Crippen molar-refractivity contribution >= 4 is 27.5 Å². The second kappa shape index (κ2) is 6.45. The van der Waals surface area contributed by atoms with Crippen molar-refractivity contribution in [1.82, 2.24) is 14.3 Å². The van der Waals surface area contributed by atoms with Gasteiger partial charge in [-0.15, -0.1) is 0 Å². The largest absolute Gasteiger partial charge is 0.448 e. The average molecular weight is 314 g/mol. The zero-order valence-corrected chi connectivity index (χ0v) is 13.6. The van der Waals surface area contributed by atoms with E-state index in [1.54, 1.807) is 0 Å². The second-order valence-electron chi connectivity index (χ2n) is 4.93. The molecule has 6 nitrogen and oxygen atoms in total. The van der Waals surface area contributed by atoms with E-state index in [2.05, 4.69) is 14.3 Å². The Morgan fingerprint density at radius 1 is 1.40 bits per heavy atom. The maximum absolute atomic E-state index is 12.2. The molecular weight excluding hydrogens is 296 g/mol. The first kappa shape index (κ1) is 15.1. The minimum Gasteiger partial charge on any atom is -0.448 e. The second-order valence-corrected chi connectivity index (χ2v) is 7.12. The number of aromatic nitrogens is 3. The van der Waals surface area contributed by atoms with Gasteiger partial charge in [0, 0.05) is 42.3 Å². The lowest BCUT2D eigenvalue weighted by Gasteiger charge is -2.04. The first-order chi connectivity index (χ1) is 9.47. The Hall–Kier alpha value is -1.28. The van der Waals surface area contributed by atoms with Gasteiger partial charge in [0.2, 0.25) is 5.13 Å². The molecule has 0 fully saturated rings. The number of hydrogen-bond donors (Lipinski definition) is 0. The predicted molar refractivity (Wildman–Crippen MR) is 80.4 cm³/mol. The molecule has 0 saturated heterocycles. The van der Waals surface area contributed by atoms with Crippen LogP contribution in [0.25, 0.3) is 0 Å². The van der Waals surface area contributed by atoms with Gasteiger partial charge < -0.3 is 9.32 Å². The quantitative estimate of drug-likeness (QED) is 0.813. The fraction of sp³-hybridized carbons (Fsp3) is 0.583. The third kappa shape index (κ3) is 3.63.